The van der Waals surface area contributed by atoms with Crippen molar-refractivity contribution in [3.63, 3.8) is 0 Å². The molecule has 27 heavy (non-hydrogen) atoms. The molecule has 0 aliphatic heterocycles. The van der Waals surface area contributed by atoms with Crippen molar-refractivity contribution in [2.24, 2.45) is 0 Å². The Hall–Kier alpha value is -1.68. The number of hydrogen-bond donors (Lipinski definition) is 0. The molecule has 140 valence electrons. The quantitative estimate of drug-likeness (QED) is 0.535. The predicted octanol–water partition coefficient (Wildman–Crippen LogP) is 2.57. The number of hydrogen-bond acceptors (Lipinski definition) is 4. The molecule has 0 unspecified atom stereocenters. The fraction of sp³-hybridized carbons (Fsp3) is 0.364. The Morgan fingerprint density at radius 1 is 0.556 bits per heavy atom. The first-order valence-corrected chi connectivity index (χ1v) is 8.47. The first-order valence-electron chi connectivity index (χ1n) is 8.47. The molecular weight excluding hydrogens is 529 g/mol. The van der Waals surface area contributed by atoms with Crippen molar-refractivity contribution >= 4 is 11.9 Å². The smallest absolute Gasteiger partial charge is 0.545 e. The summed E-state index contributed by atoms with van der Waals surface area (Å²) in [5.41, 5.74) is 8.63. The zero-order valence-electron chi connectivity index (χ0n) is 17.5. The van der Waals surface area contributed by atoms with Gasteiger partial charge in [-0.15, -0.1) is 0 Å². The number of benzene rings is 2. The SMILES string of the molecule is Cc1cc(C(=O)[O-])c(C)c(C)c1C.Cc1cc(C(=O)[O-])c(C)c(C)c1C.[Hg+2]. The van der Waals surface area contributed by atoms with Gasteiger partial charge >= 0.3 is 27.7 Å². The molecular formula is C22H26HgO4. The number of carboxylic acids is 2. The number of carbonyl (C=O) groups excluding carboxylic acids is 2. The van der Waals surface area contributed by atoms with Crippen molar-refractivity contribution in [3.8, 4) is 0 Å². The molecule has 2 rings (SSSR count). The monoisotopic (exact) mass is 556 g/mol. The third-order valence-corrected chi connectivity index (χ3v) is 5.40. The van der Waals surface area contributed by atoms with Crippen LogP contribution in [0.5, 0.6) is 0 Å². The molecule has 4 nitrogen and oxygen atoms in total. The summed E-state index contributed by atoms with van der Waals surface area (Å²) in [5.74, 6) is -2.19. The average molecular weight is 555 g/mol. The van der Waals surface area contributed by atoms with Gasteiger partial charge in [0.2, 0.25) is 0 Å². The van der Waals surface area contributed by atoms with E-state index in [2.05, 4.69) is 0 Å². The van der Waals surface area contributed by atoms with Crippen LogP contribution in [0.15, 0.2) is 12.1 Å². The minimum absolute atomic E-state index is 0. The van der Waals surface area contributed by atoms with Gasteiger partial charge in [0.05, 0.1) is 11.9 Å². The van der Waals surface area contributed by atoms with E-state index in [1.54, 1.807) is 12.1 Å². The zero-order chi connectivity index (χ0) is 20.3. The van der Waals surface area contributed by atoms with Crippen molar-refractivity contribution in [1.29, 1.82) is 0 Å². The van der Waals surface area contributed by atoms with E-state index < -0.39 is 11.9 Å². The molecule has 0 spiro atoms. The predicted molar refractivity (Wildman–Crippen MR) is 99.4 cm³/mol. The van der Waals surface area contributed by atoms with Gasteiger partial charge in [0.15, 0.2) is 0 Å². The van der Waals surface area contributed by atoms with E-state index in [-0.39, 0.29) is 27.7 Å². The molecule has 2 aromatic carbocycles. The van der Waals surface area contributed by atoms with Gasteiger partial charge in [-0.3, -0.25) is 0 Å². The van der Waals surface area contributed by atoms with Gasteiger partial charge < -0.3 is 19.8 Å². The minimum Gasteiger partial charge on any atom is -0.545 e. The van der Waals surface area contributed by atoms with Gasteiger partial charge in [0.1, 0.15) is 0 Å². The van der Waals surface area contributed by atoms with E-state index in [4.69, 9.17) is 0 Å². The van der Waals surface area contributed by atoms with E-state index in [0.717, 1.165) is 44.5 Å². The normalized spacial score (nSPS) is 9.78. The summed E-state index contributed by atoms with van der Waals surface area (Å²) in [4.78, 5) is 21.5. The minimum atomic E-state index is -1.09. The molecule has 0 heterocycles. The van der Waals surface area contributed by atoms with Crippen LogP contribution in [-0.4, -0.2) is 11.9 Å². The molecule has 5 heteroatoms. The maximum atomic E-state index is 10.7. The number of aryl methyl sites for hydroxylation is 2. The Labute approximate surface area is 182 Å². The molecule has 0 aliphatic rings. The largest absolute Gasteiger partial charge is 2.00 e. The van der Waals surface area contributed by atoms with Crippen molar-refractivity contribution in [1.82, 2.24) is 0 Å². The first-order chi connectivity index (χ1) is 11.9. The van der Waals surface area contributed by atoms with E-state index in [1.165, 1.54) is 0 Å². The Morgan fingerprint density at radius 3 is 1.04 bits per heavy atom. The van der Waals surface area contributed by atoms with Crippen molar-refractivity contribution in [3.05, 3.63) is 67.8 Å². The van der Waals surface area contributed by atoms with Crippen molar-refractivity contribution < 1.29 is 47.5 Å². The van der Waals surface area contributed by atoms with E-state index in [1.807, 2.05) is 55.4 Å². The molecule has 0 radical (unpaired) electrons. The van der Waals surface area contributed by atoms with Gasteiger partial charge in [-0.05, 0) is 112 Å². The fourth-order valence-electron chi connectivity index (χ4n) is 2.85. The topological polar surface area (TPSA) is 80.3 Å². The fourth-order valence-corrected chi connectivity index (χ4v) is 2.85. The summed E-state index contributed by atoms with van der Waals surface area (Å²) >= 11 is 0. The summed E-state index contributed by atoms with van der Waals surface area (Å²) < 4.78 is 0. The molecule has 0 fully saturated rings. The Kier molecular flexibility index (Phi) is 9.40. The Bertz CT molecular complexity index is 809. The molecule has 2 aromatic rings. The summed E-state index contributed by atoms with van der Waals surface area (Å²) in [5, 5.41) is 21.5. The van der Waals surface area contributed by atoms with Crippen LogP contribution in [0.1, 0.15) is 65.2 Å². The van der Waals surface area contributed by atoms with Crippen LogP contribution in [0, 0.1) is 55.4 Å². The van der Waals surface area contributed by atoms with Gasteiger partial charge in [0.25, 0.3) is 0 Å². The molecule has 0 saturated carbocycles. The maximum Gasteiger partial charge on any atom is 2.00 e. The van der Waals surface area contributed by atoms with E-state index in [9.17, 15) is 19.8 Å². The number of aromatic carboxylic acids is 2. The second-order valence-corrected chi connectivity index (χ2v) is 6.81. The second kappa shape index (κ2) is 10.0. The Morgan fingerprint density at radius 2 is 0.815 bits per heavy atom. The third-order valence-electron chi connectivity index (χ3n) is 5.40. The van der Waals surface area contributed by atoms with Crippen LogP contribution in [0.4, 0.5) is 0 Å². The number of carbonyl (C=O) groups is 2. The van der Waals surface area contributed by atoms with Crippen LogP contribution in [0.25, 0.3) is 0 Å². The third kappa shape index (κ3) is 5.64. The van der Waals surface area contributed by atoms with Crippen LogP contribution in [0.2, 0.25) is 0 Å². The molecule has 0 amide bonds. The summed E-state index contributed by atoms with van der Waals surface area (Å²) in [6, 6.07) is 3.35. The van der Waals surface area contributed by atoms with Crippen molar-refractivity contribution in [2.75, 3.05) is 0 Å². The number of rotatable bonds is 2. The van der Waals surface area contributed by atoms with Crippen LogP contribution >= 0.6 is 0 Å². The molecule has 0 saturated heterocycles. The molecule has 0 N–H and O–H groups in total. The second-order valence-electron chi connectivity index (χ2n) is 6.81. The molecule has 0 aliphatic carbocycles. The molecule has 0 bridgehead atoms. The molecule has 0 aromatic heterocycles. The maximum absolute atomic E-state index is 10.7. The zero-order valence-corrected chi connectivity index (χ0v) is 23.0. The van der Waals surface area contributed by atoms with E-state index >= 15 is 0 Å². The Balaban J connectivity index is 0.000000483. The van der Waals surface area contributed by atoms with Crippen LogP contribution in [0.3, 0.4) is 0 Å². The van der Waals surface area contributed by atoms with E-state index in [0.29, 0.717) is 11.1 Å². The average Bonchev–Trinajstić information content (AvgIpc) is 2.57. The summed E-state index contributed by atoms with van der Waals surface area (Å²) in [7, 11) is 0. The number of carboxylic acid groups (broad SMARTS) is 2. The standard InChI is InChI=1S/2C11H14O2.Hg/c2*1-6-5-10(11(12)13)9(4)8(3)7(6)2;/h2*5H,1-4H3,(H,12,13);/q;;+2/p-2. The van der Waals surface area contributed by atoms with Crippen LogP contribution < -0.4 is 10.2 Å². The first kappa shape index (κ1) is 25.3. The molecule has 0 atom stereocenters. The van der Waals surface area contributed by atoms with Gasteiger partial charge in [-0.2, -0.15) is 0 Å². The van der Waals surface area contributed by atoms with Gasteiger partial charge in [0, 0.05) is 11.1 Å². The van der Waals surface area contributed by atoms with Crippen molar-refractivity contribution in [2.45, 2.75) is 55.4 Å². The summed E-state index contributed by atoms with van der Waals surface area (Å²) in [6.45, 7) is 15.3. The van der Waals surface area contributed by atoms with Crippen LogP contribution in [-0.2, 0) is 27.7 Å². The summed E-state index contributed by atoms with van der Waals surface area (Å²) in [6.07, 6.45) is 0. The van der Waals surface area contributed by atoms with Gasteiger partial charge in [-0.25, -0.2) is 0 Å². The van der Waals surface area contributed by atoms with Gasteiger partial charge in [-0.1, -0.05) is 0 Å².